The standard InChI is InChI=1S/C22H27NO4/c1-6-27-17-10-8-7-9-14(17)19-18(21(25)26-5)13(2)23-15-11-22(3,4)12-16(24)20(15)19/h7-10,18-19H,6,11-12H2,1-5H3/t18-,19+/m1/s1. The summed E-state index contributed by atoms with van der Waals surface area (Å²) in [5.74, 6) is -0.686. The van der Waals surface area contributed by atoms with Gasteiger partial charge in [-0.1, -0.05) is 32.0 Å². The number of hydrogen-bond acceptors (Lipinski definition) is 5. The molecule has 0 amide bonds. The highest BCUT2D eigenvalue weighted by atomic mass is 16.5. The Hall–Kier alpha value is -2.43. The lowest BCUT2D eigenvalue weighted by Crippen LogP contribution is -2.39. The molecule has 0 N–H and O–H groups in total. The van der Waals surface area contributed by atoms with Crippen molar-refractivity contribution in [3.63, 3.8) is 0 Å². The smallest absolute Gasteiger partial charge is 0.315 e. The minimum Gasteiger partial charge on any atom is -0.494 e. The van der Waals surface area contributed by atoms with Crippen LogP contribution in [0.25, 0.3) is 0 Å². The van der Waals surface area contributed by atoms with Gasteiger partial charge in [-0.2, -0.15) is 0 Å². The molecule has 1 aliphatic carbocycles. The summed E-state index contributed by atoms with van der Waals surface area (Å²) in [7, 11) is 1.37. The monoisotopic (exact) mass is 369 g/mol. The molecule has 0 fully saturated rings. The maximum atomic E-state index is 13.1. The van der Waals surface area contributed by atoms with E-state index in [1.165, 1.54) is 7.11 Å². The van der Waals surface area contributed by atoms with Crippen LogP contribution in [0.3, 0.4) is 0 Å². The fraction of sp³-hybridized carbons (Fsp3) is 0.500. The Morgan fingerprint density at radius 1 is 1.26 bits per heavy atom. The summed E-state index contributed by atoms with van der Waals surface area (Å²) < 4.78 is 10.9. The van der Waals surface area contributed by atoms with Gasteiger partial charge < -0.3 is 9.47 Å². The van der Waals surface area contributed by atoms with Gasteiger partial charge in [-0.05, 0) is 31.7 Å². The van der Waals surface area contributed by atoms with Crippen molar-refractivity contribution in [1.29, 1.82) is 0 Å². The van der Waals surface area contributed by atoms with Crippen LogP contribution in [0.4, 0.5) is 0 Å². The largest absolute Gasteiger partial charge is 0.494 e. The second-order valence-electron chi connectivity index (χ2n) is 8.00. The lowest BCUT2D eigenvalue weighted by Gasteiger charge is -2.39. The minimum atomic E-state index is -0.625. The molecule has 0 saturated heterocycles. The fourth-order valence-electron chi connectivity index (χ4n) is 4.24. The molecule has 144 valence electrons. The molecule has 0 bridgehead atoms. The van der Waals surface area contributed by atoms with E-state index in [0.717, 1.165) is 11.3 Å². The van der Waals surface area contributed by atoms with Crippen LogP contribution in [0.5, 0.6) is 5.75 Å². The minimum absolute atomic E-state index is 0.0581. The zero-order chi connectivity index (χ0) is 19.8. The highest BCUT2D eigenvalue weighted by Gasteiger charge is 2.46. The Balaban J connectivity index is 2.23. The molecule has 5 nitrogen and oxygen atoms in total. The van der Waals surface area contributed by atoms with Crippen molar-refractivity contribution in [3.8, 4) is 5.75 Å². The average molecular weight is 369 g/mol. The van der Waals surface area contributed by atoms with Crippen LogP contribution < -0.4 is 4.74 Å². The van der Waals surface area contributed by atoms with E-state index in [1.807, 2.05) is 38.1 Å². The molecule has 1 heterocycles. The molecule has 3 rings (SSSR count). The van der Waals surface area contributed by atoms with E-state index in [-0.39, 0.29) is 17.2 Å². The first-order valence-corrected chi connectivity index (χ1v) is 9.40. The van der Waals surface area contributed by atoms with E-state index in [9.17, 15) is 9.59 Å². The average Bonchev–Trinajstić information content (AvgIpc) is 2.59. The van der Waals surface area contributed by atoms with Gasteiger partial charge in [0.1, 0.15) is 11.7 Å². The summed E-state index contributed by atoms with van der Waals surface area (Å²) in [5, 5.41) is 0. The molecule has 1 aromatic rings. The number of Topliss-reactive ketones (excluding diaryl/α,β-unsaturated/α-hetero) is 1. The number of benzene rings is 1. The van der Waals surface area contributed by atoms with Crippen LogP contribution >= 0.6 is 0 Å². The molecule has 0 spiro atoms. The van der Waals surface area contributed by atoms with Gasteiger partial charge in [0.15, 0.2) is 5.78 Å². The lowest BCUT2D eigenvalue weighted by atomic mass is 9.66. The molecule has 5 heteroatoms. The summed E-state index contributed by atoms with van der Waals surface area (Å²) in [6, 6.07) is 7.62. The van der Waals surface area contributed by atoms with Crippen molar-refractivity contribution >= 4 is 17.5 Å². The number of aliphatic imine (C=N–C) groups is 1. The number of nitrogens with zero attached hydrogens (tertiary/aromatic N) is 1. The van der Waals surface area contributed by atoms with Gasteiger partial charge in [-0.25, -0.2) is 0 Å². The predicted molar refractivity (Wildman–Crippen MR) is 104 cm³/mol. The molecule has 27 heavy (non-hydrogen) atoms. The van der Waals surface area contributed by atoms with Gasteiger partial charge in [0.25, 0.3) is 0 Å². The second-order valence-corrected chi connectivity index (χ2v) is 8.00. The van der Waals surface area contributed by atoms with Gasteiger partial charge in [-0.3, -0.25) is 14.6 Å². The zero-order valence-electron chi connectivity index (χ0n) is 16.7. The summed E-state index contributed by atoms with van der Waals surface area (Å²) in [5.41, 5.74) is 2.82. The van der Waals surface area contributed by atoms with Crippen molar-refractivity contribution < 1.29 is 19.1 Å². The van der Waals surface area contributed by atoms with Crippen LogP contribution in [0, 0.1) is 11.3 Å². The van der Waals surface area contributed by atoms with Crippen LogP contribution in [-0.4, -0.2) is 31.2 Å². The number of carbonyl (C=O) groups is 2. The number of hydrogen-bond donors (Lipinski definition) is 0. The van der Waals surface area contributed by atoms with Crippen molar-refractivity contribution in [2.24, 2.45) is 16.3 Å². The van der Waals surface area contributed by atoms with E-state index >= 15 is 0 Å². The second kappa shape index (κ2) is 7.29. The molecule has 1 aromatic carbocycles. The number of methoxy groups -OCH3 is 1. The third-order valence-corrected chi connectivity index (χ3v) is 5.31. The van der Waals surface area contributed by atoms with Gasteiger partial charge in [0.05, 0.1) is 13.7 Å². The molecule has 2 aliphatic rings. The zero-order valence-corrected chi connectivity index (χ0v) is 16.7. The maximum absolute atomic E-state index is 13.1. The number of ether oxygens (including phenoxy) is 2. The quantitative estimate of drug-likeness (QED) is 0.750. The summed E-state index contributed by atoms with van der Waals surface area (Å²) in [6.07, 6.45) is 1.16. The van der Waals surface area contributed by atoms with Gasteiger partial charge in [0.2, 0.25) is 0 Å². The van der Waals surface area contributed by atoms with E-state index in [2.05, 4.69) is 18.8 Å². The van der Waals surface area contributed by atoms with Crippen molar-refractivity contribution in [2.75, 3.05) is 13.7 Å². The summed E-state index contributed by atoms with van der Waals surface area (Å²) in [4.78, 5) is 30.5. The summed E-state index contributed by atoms with van der Waals surface area (Å²) in [6.45, 7) is 8.42. The topological polar surface area (TPSA) is 65.0 Å². The Kier molecular flexibility index (Phi) is 5.22. The van der Waals surface area contributed by atoms with Crippen molar-refractivity contribution in [3.05, 3.63) is 41.1 Å². The van der Waals surface area contributed by atoms with Crippen LogP contribution in [0.15, 0.2) is 40.5 Å². The van der Waals surface area contributed by atoms with Crippen LogP contribution in [0.2, 0.25) is 0 Å². The van der Waals surface area contributed by atoms with Gasteiger partial charge >= 0.3 is 5.97 Å². The molecule has 1 aliphatic heterocycles. The van der Waals surface area contributed by atoms with Crippen molar-refractivity contribution in [2.45, 2.75) is 46.5 Å². The number of rotatable bonds is 4. The summed E-state index contributed by atoms with van der Waals surface area (Å²) >= 11 is 0. The number of para-hydroxylation sites is 1. The Morgan fingerprint density at radius 3 is 2.63 bits per heavy atom. The highest BCUT2D eigenvalue weighted by Crippen LogP contribution is 2.49. The highest BCUT2D eigenvalue weighted by molar-refractivity contribution is 6.09. The predicted octanol–water partition coefficient (Wildman–Crippen LogP) is 4.08. The van der Waals surface area contributed by atoms with E-state index in [1.54, 1.807) is 0 Å². The molecule has 0 unspecified atom stereocenters. The molecule has 0 aromatic heterocycles. The Bertz CT molecular complexity index is 834. The third-order valence-electron chi connectivity index (χ3n) is 5.31. The Morgan fingerprint density at radius 2 is 1.96 bits per heavy atom. The first-order chi connectivity index (χ1) is 12.8. The molecular weight excluding hydrogens is 342 g/mol. The normalized spacial score (nSPS) is 24.2. The lowest BCUT2D eigenvalue weighted by molar-refractivity contribution is -0.143. The van der Waals surface area contributed by atoms with Gasteiger partial charge in [-0.15, -0.1) is 0 Å². The van der Waals surface area contributed by atoms with E-state index < -0.39 is 11.8 Å². The number of ketones is 1. The SMILES string of the molecule is CCOc1ccccc1[C@@H]1C2=C(CC(C)(C)CC2=O)N=C(C)[C@H]1C(=O)OC. The molecule has 2 atom stereocenters. The van der Waals surface area contributed by atoms with E-state index in [4.69, 9.17) is 9.47 Å². The first kappa shape index (κ1) is 19.3. The first-order valence-electron chi connectivity index (χ1n) is 9.40. The fourth-order valence-corrected chi connectivity index (χ4v) is 4.24. The number of allylic oxidation sites excluding steroid dienone is 2. The maximum Gasteiger partial charge on any atom is 0.315 e. The van der Waals surface area contributed by atoms with Crippen LogP contribution in [0.1, 0.15) is 52.0 Å². The molecular formula is C22H27NO4. The molecule has 0 saturated carbocycles. The molecule has 0 radical (unpaired) electrons. The van der Waals surface area contributed by atoms with Gasteiger partial charge in [0, 0.05) is 34.9 Å². The number of carbonyl (C=O) groups excluding carboxylic acids is 2. The van der Waals surface area contributed by atoms with Crippen molar-refractivity contribution in [1.82, 2.24) is 0 Å². The van der Waals surface area contributed by atoms with Crippen LogP contribution in [-0.2, 0) is 14.3 Å². The number of esters is 1. The third kappa shape index (κ3) is 3.55. The Labute approximate surface area is 160 Å². The van der Waals surface area contributed by atoms with E-state index in [0.29, 0.717) is 36.5 Å².